The molecule has 0 bridgehead atoms. The molecule has 2 nitrogen and oxygen atoms in total. The second-order valence-corrected chi connectivity index (χ2v) is 4.03. The Kier molecular flexibility index (Phi) is 3.03. The van der Waals surface area contributed by atoms with Gasteiger partial charge in [0.15, 0.2) is 0 Å². The Labute approximate surface area is 89.4 Å². The molecule has 1 aliphatic rings. The van der Waals surface area contributed by atoms with Gasteiger partial charge in [-0.05, 0) is 36.6 Å². The Morgan fingerprint density at radius 3 is 2.80 bits per heavy atom. The molecule has 0 spiro atoms. The number of aryl methyl sites for hydroxylation is 1. The Morgan fingerprint density at radius 1 is 1.40 bits per heavy atom. The van der Waals surface area contributed by atoms with Crippen LogP contribution in [-0.4, -0.2) is 19.8 Å². The zero-order valence-electron chi connectivity index (χ0n) is 9.14. The minimum Gasteiger partial charge on any atom is -0.378 e. The van der Waals surface area contributed by atoms with Crippen molar-refractivity contribution in [3.05, 3.63) is 34.6 Å². The molecule has 82 valence electrons. The molecule has 3 heteroatoms. The van der Waals surface area contributed by atoms with Crippen molar-refractivity contribution in [2.75, 3.05) is 19.8 Å². The van der Waals surface area contributed by atoms with Crippen LogP contribution >= 0.6 is 0 Å². The van der Waals surface area contributed by atoms with Crippen LogP contribution in [0, 0.1) is 19.7 Å². The molecule has 0 saturated carbocycles. The summed E-state index contributed by atoms with van der Waals surface area (Å²) in [4.78, 5) is 0. The number of benzene rings is 1. The second-order valence-electron chi connectivity index (χ2n) is 4.03. The SMILES string of the molecule is Cc1cc(C2COCCN2)cc(F)c1C. The summed E-state index contributed by atoms with van der Waals surface area (Å²) >= 11 is 0. The van der Waals surface area contributed by atoms with Gasteiger partial charge in [0, 0.05) is 6.54 Å². The van der Waals surface area contributed by atoms with E-state index >= 15 is 0 Å². The summed E-state index contributed by atoms with van der Waals surface area (Å²) in [5.41, 5.74) is 2.71. The predicted octanol–water partition coefficient (Wildman–Crippen LogP) is 2.10. The molecule has 0 aliphatic carbocycles. The molecule has 1 unspecified atom stereocenters. The highest BCUT2D eigenvalue weighted by Crippen LogP contribution is 2.21. The molecule has 1 fully saturated rings. The Balaban J connectivity index is 2.27. The Bertz CT molecular complexity index is 336. The van der Waals surface area contributed by atoms with Crippen LogP contribution < -0.4 is 5.32 Å². The molecule has 1 N–H and O–H groups in total. The lowest BCUT2D eigenvalue weighted by atomic mass is 10.0. The lowest BCUT2D eigenvalue weighted by molar-refractivity contribution is 0.0768. The van der Waals surface area contributed by atoms with E-state index in [4.69, 9.17) is 4.74 Å². The van der Waals surface area contributed by atoms with E-state index in [2.05, 4.69) is 5.32 Å². The van der Waals surface area contributed by atoms with Gasteiger partial charge < -0.3 is 10.1 Å². The van der Waals surface area contributed by atoms with Crippen LogP contribution in [0.2, 0.25) is 0 Å². The molecule has 1 atom stereocenters. The summed E-state index contributed by atoms with van der Waals surface area (Å²) < 4.78 is 18.9. The van der Waals surface area contributed by atoms with Gasteiger partial charge in [0.25, 0.3) is 0 Å². The van der Waals surface area contributed by atoms with Crippen LogP contribution in [0.25, 0.3) is 0 Å². The van der Waals surface area contributed by atoms with Gasteiger partial charge in [0.2, 0.25) is 0 Å². The molecule has 0 radical (unpaired) electrons. The van der Waals surface area contributed by atoms with Gasteiger partial charge >= 0.3 is 0 Å². The number of rotatable bonds is 1. The van der Waals surface area contributed by atoms with Crippen LogP contribution in [-0.2, 0) is 4.74 Å². The fraction of sp³-hybridized carbons (Fsp3) is 0.500. The molecule has 1 aromatic rings. The molecule has 1 aliphatic heterocycles. The van der Waals surface area contributed by atoms with Crippen molar-refractivity contribution in [1.29, 1.82) is 0 Å². The maximum absolute atomic E-state index is 13.5. The molecule has 1 saturated heterocycles. The lowest BCUT2D eigenvalue weighted by Crippen LogP contribution is -2.34. The summed E-state index contributed by atoms with van der Waals surface area (Å²) in [7, 11) is 0. The fourth-order valence-corrected chi connectivity index (χ4v) is 1.82. The van der Waals surface area contributed by atoms with Gasteiger partial charge in [-0.15, -0.1) is 0 Å². The van der Waals surface area contributed by atoms with Gasteiger partial charge in [-0.3, -0.25) is 0 Å². The highest BCUT2D eigenvalue weighted by Gasteiger charge is 2.16. The summed E-state index contributed by atoms with van der Waals surface area (Å²) in [6, 6.07) is 3.77. The average molecular weight is 209 g/mol. The highest BCUT2D eigenvalue weighted by atomic mass is 19.1. The summed E-state index contributed by atoms with van der Waals surface area (Å²) in [6.45, 7) is 5.94. The Hall–Kier alpha value is -0.930. The zero-order chi connectivity index (χ0) is 10.8. The molecule has 1 heterocycles. The minimum absolute atomic E-state index is 0.127. The van der Waals surface area contributed by atoms with Crippen LogP contribution in [0.3, 0.4) is 0 Å². The number of hydrogen-bond acceptors (Lipinski definition) is 2. The average Bonchev–Trinajstić information content (AvgIpc) is 2.26. The van der Waals surface area contributed by atoms with Gasteiger partial charge in [0.1, 0.15) is 5.82 Å². The monoisotopic (exact) mass is 209 g/mol. The van der Waals surface area contributed by atoms with E-state index in [0.29, 0.717) is 6.61 Å². The first-order chi connectivity index (χ1) is 7.18. The largest absolute Gasteiger partial charge is 0.378 e. The van der Waals surface area contributed by atoms with E-state index in [1.165, 1.54) is 0 Å². The van der Waals surface area contributed by atoms with E-state index in [9.17, 15) is 4.39 Å². The van der Waals surface area contributed by atoms with E-state index in [0.717, 1.165) is 29.8 Å². The predicted molar refractivity (Wildman–Crippen MR) is 57.4 cm³/mol. The summed E-state index contributed by atoms with van der Waals surface area (Å²) in [5, 5.41) is 3.32. The molecule has 2 rings (SSSR count). The molecular weight excluding hydrogens is 193 g/mol. The maximum Gasteiger partial charge on any atom is 0.126 e. The van der Waals surface area contributed by atoms with Crippen molar-refractivity contribution in [2.45, 2.75) is 19.9 Å². The van der Waals surface area contributed by atoms with Crippen LogP contribution in [0.15, 0.2) is 12.1 Å². The minimum atomic E-state index is -0.127. The molecular formula is C12H16FNO. The van der Waals surface area contributed by atoms with Crippen LogP contribution in [0.5, 0.6) is 0 Å². The third-order valence-electron chi connectivity index (χ3n) is 2.95. The van der Waals surface area contributed by atoms with Crippen molar-refractivity contribution >= 4 is 0 Å². The van der Waals surface area contributed by atoms with Crippen molar-refractivity contribution in [3.8, 4) is 0 Å². The molecule has 1 aromatic carbocycles. The normalized spacial score (nSPS) is 21.7. The van der Waals surface area contributed by atoms with Crippen molar-refractivity contribution < 1.29 is 9.13 Å². The number of hydrogen-bond donors (Lipinski definition) is 1. The molecule has 15 heavy (non-hydrogen) atoms. The maximum atomic E-state index is 13.5. The third-order valence-corrected chi connectivity index (χ3v) is 2.95. The first-order valence-corrected chi connectivity index (χ1v) is 5.26. The number of ether oxygens (including phenoxy) is 1. The van der Waals surface area contributed by atoms with Crippen LogP contribution in [0.1, 0.15) is 22.7 Å². The van der Waals surface area contributed by atoms with E-state index in [-0.39, 0.29) is 11.9 Å². The van der Waals surface area contributed by atoms with Crippen molar-refractivity contribution in [1.82, 2.24) is 5.32 Å². The van der Waals surface area contributed by atoms with Gasteiger partial charge in [-0.1, -0.05) is 6.07 Å². The number of halogens is 1. The Morgan fingerprint density at radius 2 is 2.20 bits per heavy atom. The van der Waals surface area contributed by atoms with Crippen molar-refractivity contribution in [2.24, 2.45) is 0 Å². The highest BCUT2D eigenvalue weighted by molar-refractivity contribution is 5.33. The fourth-order valence-electron chi connectivity index (χ4n) is 1.82. The topological polar surface area (TPSA) is 21.3 Å². The summed E-state index contributed by atoms with van der Waals surface area (Å²) in [6.07, 6.45) is 0. The number of morpholine rings is 1. The van der Waals surface area contributed by atoms with E-state index in [1.54, 1.807) is 13.0 Å². The molecule has 0 amide bonds. The molecule has 0 aromatic heterocycles. The standard InChI is InChI=1S/C12H16FNO/c1-8-5-10(6-11(13)9(8)2)12-7-15-4-3-14-12/h5-6,12,14H,3-4,7H2,1-2H3. The zero-order valence-corrected chi connectivity index (χ0v) is 9.14. The first kappa shape index (κ1) is 10.6. The lowest BCUT2D eigenvalue weighted by Gasteiger charge is -2.24. The van der Waals surface area contributed by atoms with Crippen molar-refractivity contribution in [3.63, 3.8) is 0 Å². The third kappa shape index (κ3) is 2.19. The van der Waals surface area contributed by atoms with Gasteiger partial charge in [-0.25, -0.2) is 4.39 Å². The van der Waals surface area contributed by atoms with Crippen LogP contribution in [0.4, 0.5) is 4.39 Å². The smallest absolute Gasteiger partial charge is 0.126 e. The number of nitrogens with one attached hydrogen (secondary N) is 1. The summed E-state index contributed by atoms with van der Waals surface area (Å²) in [5.74, 6) is -0.127. The van der Waals surface area contributed by atoms with E-state index in [1.807, 2.05) is 13.0 Å². The second kappa shape index (κ2) is 4.29. The van der Waals surface area contributed by atoms with Gasteiger partial charge in [-0.2, -0.15) is 0 Å². The first-order valence-electron chi connectivity index (χ1n) is 5.26. The van der Waals surface area contributed by atoms with E-state index < -0.39 is 0 Å². The van der Waals surface area contributed by atoms with Gasteiger partial charge in [0.05, 0.1) is 19.3 Å². The quantitative estimate of drug-likeness (QED) is 0.764.